The zero-order valence-corrected chi connectivity index (χ0v) is 18.3. The van der Waals surface area contributed by atoms with E-state index in [0.717, 1.165) is 22.3 Å². The number of carbonyl (C=O) groups is 2. The number of pyridine rings is 1. The number of carbonyl (C=O) groups excluding carboxylic acids is 2. The van der Waals surface area contributed by atoms with Gasteiger partial charge >= 0.3 is 0 Å². The number of nitrogens with two attached hydrogens (primary N) is 1. The molecule has 0 saturated heterocycles. The van der Waals surface area contributed by atoms with Gasteiger partial charge in [0.15, 0.2) is 5.78 Å². The van der Waals surface area contributed by atoms with Crippen LogP contribution in [0.1, 0.15) is 44.4 Å². The maximum atomic E-state index is 12.6. The second-order valence-electron chi connectivity index (χ2n) is 8.00. The van der Waals surface area contributed by atoms with Gasteiger partial charge in [-0.1, -0.05) is 42.5 Å². The molecule has 1 atom stereocenters. The smallest absolute Gasteiger partial charge is 0.248 e. The van der Waals surface area contributed by atoms with E-state index in [4.69, 9.17) is 15.2 Å². The van der Waals surface area contributed by atoms with E-state index in [9.17, 15) is 9.59 Å². The van der Waals surface area contributed by atoms with E-state index in [1.807, 2.05) is 60.7 Å². The minimum absolute atomic E-state index is 0.0534. The summed E-state index contributed by atoms with van der Waals surface area (Å²) in [6.45, 7) is 0.346. The van der Waals surface area contributed by atoms with Crippen LogP contribution in [0.5, 0.6) is 11.5 Å². The van der Waals surface area contributed by atoms with E-state index in [0.29, 0.717) is 35.7 Å². The molecule has 1 amide bonds. The number of hydrogen-bond acceptors (Lipinski definition) is 5. The van der Waals surface area contributed by atoms with Crippen molar-refractivity contribution in [1.29, 1.82) is 0 Å². The Labute approximate surface area is 197 Å². The van der Waals surface area contributed by atoms with Crippen molar-refractivity contribution in [3.63, 3.8) is 0 Å². The molecule has 1 aromatic heterocycles. The molecule has 0 aliphatic carbocycles. The molecule has 2 heterocycles. The predicted molar refractivity (Wildman–Crippen MR) is 128 cm³/mol. The number of fused-ring (bicyclic) bond motifs is 1. The minimum atomic E-state index is -0.496. The summed E-state index contributed by atoms with van der Waals surface area (Å²) < 4.78 is 12.4. The van der Waals surface area contributed by atoms with Crippen LogP contribution in [0.3, 0.4) is 0 Å². The van der Waals surface area contributed by atoms with Crippen molar-refractivity contribution in [3.8, 4) is 22.6 Å². The first-order chi connectivity index (χ1) is 16.6. The number of rotatable bonds is 6. The molecule has 0 bridgehead atoms. The van der Waals surface area contributed by atoms with Crippen LogP contribution in [-0.2, 0) is 0 Å². The maximum absolute atomic E-state index is 12.6. The molecule has 0 radical (unpaired) electrons. The van der Waals surface area contributed by atoms with Gasteiger partial charge in [0.2, 0.25) is 5.91 Å². The number of ether oxygens (including phenoxy) is 2. The first-order valence-electron chi connectivity index (χ1n) is 11.0. The maximum Gasteiger partial charge on any atom is 0.248 e. The predicted octanol–water partition coefficient (Wildman–Crippen LogP) is 4.98. The molecule has 2 N–H and O–H groups in total. The molecule has 1 unspecified atom stereocenters. The van der Waals surface area contributed by atoms with E-state index in [2.05, 4.69) is 4.98 Å². The Morgan fingerprint density at radius 3 is 2.32 bits per heavy atom. The van der Waals surface area contributed by atoms with Crippen LogP contribution < -0.4 is 15.2 Å². The quantitative estimate of drug-likeness (QED) is 0.447. The topological polar surface area (TPSA) is 91.5 Å². The van der Waals surface area contributed by atoms with Gasteiger partial charge in [0.05, 0.1) is 12.2 Å². The number of ketones is 1. The Morgan fingerprint density at radius 1 is 0.912 bits per heavy atom. The second-order valence-corrected chi connectivity index (χ2v) is 8.00. The molecule has 3 aromatic carbocycles. The monoisotopic (exact) mass is 450 g/mol. The van der Waals surface area contributed by atoms with Gasteiger partial charge in [-0.25, -0.2) is 0 Å². The van der Waals surface area contributed by atoms with Crippen LogP contribution in [0.25, 0.3) is 11.1 Å². The lowest BCUT2D eigenvalue weighted by Gasteiger charge is -2.25. The number of hydrogen-bond donors (Lipinski definition) is 1. The van der Waals surface area contributed by atoms with Crippen molar-refractivity contribution < 1.29 is 19.1 Å². The largest absolute Gasteiger partial charge is 0.492 e. The average Bonchev–Trinajstić information content (AvgIpc) is 2.88. The molecule has 0 fully saturated rings. The summed E-state index contributed by atoms with van der Waals surface area (Å²) in [5.74, 6) is 0.664. The van der Waals surface area contributed by atoms with Gasteiger partial charge in [0.1, 0.15) is 17.6 Å². The van der Waals surface area contributed by atoms with Gasteiger partial charge in [0, 0.05) is 36.0 Å². The van der Waals surface area contributed by atoms with E-state index in [-0.39, 0.29) is 5.78 Å². The molecule has 0 saturated carbocycles. The third kappa shape index (κ3) is 4.26. The van der Waals surface area contributed by atoms with Crippen molar-refractivity contribution in [3.05, 3.63) is 114 Å². The van der Waals surface area contributed by atoms with E-state index in [1.165, 1.54) is 0 Å². The third-order valence-electron chi connectivity index (χ3n) is 5.81. The molecule has 5 rings (SSSR count). The van der Waals surface area contributed by atoms with Gasteiger partial charge in [-0.2, -0.15) is 0 Å². The molecular weight excluding hydrogens is 428 g/mol. The summed E-state index contributed by atoms with van der Waals surface area (Å²) in [6.07, 6.45) is 3.27. The van der Waals surface area contributed by atoms with Crippen molar-refractivity contribution in [2.75, 3.05) is 6.61 Å². The fourth-order valence-electron chi connectivity index (χ4n) is 4.04. The molecule has 6 nitrogen and oxygen atoms in total. The number of primary amides is 1. The summed E-state index contributed by atoms with van der Waals surface area (Å²) in [5, 5.41) is 0. The highest BCUT2D eigenvalue weighted by atomic mass is 16.5. The normalized spacial score (nSPS) is 13.5. The highest BCUT2D eigenvalue weighted by molar-refractivity contribution is 6.01. The van der Waals surface area contributed by atoms with Crippen molar-refractivity contribution in [2.45, 2.75) is 12.5 Å². The number of Topliss-reactive ketones (excluding diaryl/α,β-unsaturated/α-hetero) is 1. The summed E-state index contributed by atoms with van der Waals surface area (Å²) in [5.41, 5.74) is 9.84. The number of benzene rings is 3. The lowest BCUT2D eigenvalue weighted by Crippen LogP contribution is -2.16. The summed E-state index contributed by atoms with van der Waals surface area (Å²) >= 11 is 0. The van der Waals surface area contributed by atoms with Gasteiger partial charge in [0.25, 0.3) is 0 Å². The fourth-order valence-corrected chi connectivity index (χ4v) is 4.04. The molecule has 6 heteroatoms. The fraction of sp³-hybridized carbons (Fsp3) is 0.107. The van der Waals surface area contributed by atoms with Crippen molar-refractivity contribution in [2.24, 2.45) is 5.73 Å². The molecule has 0 spiro atoms. The Morgan fingerprint density at radius 2 is 1.62 bits per heavy atom. The standard InChI is InChI=1S/C28H22N2O4/c29-28(32)21-8-6-19(7-9-21)27(20-10-13-30-14-11-20)34-26-17-25-23(24(31)12-15-33-25)16-22(26)18-4-2-1-3-5-18/h1-11,13-14,16-17,27H,12,15H2,(H2,29,32). The first kappa shape index (κ1) is 21.4. The Hall–Kier alpha value is -4.45. The molecular formula is C28H22N2O4. The van der Waals surface area contributed by atoms with E-state index in [1.54, 1.807) is 30.6 Å². The van der Waals surface area contributed by atoms with Gasteiger partial charge in [-0.3, -0.25) is 14.6 Å². The molecule has 34 heavy (non-hydrogen) atoms. The highest BCUT2D eigenvalue weighted by Crippen LogP contribution is 2.41. The first-order valence-corrected chi connectivity index (χ1v) is 11.0. The number of aromatic nitrogens is 1. The Bertz CT molecular complexity index is 1340. The Balaban J connectivity index is 1.63. The van der Waals surface area contributed by atoms with E-state index < -0.39 is 12.0 Å². The summed E-state index contributed by atoms with van der Waals surface area (Å²) in [6, 6.07) is 24.2. The van der Waals surface area contributed by atoms with Crippen LogP contribution in [-0.4, -0.2) is 23.3 Å². The summed E-state index contributed by atoms with van der Waals surface area (Å²) in [7, 11) is 0. The van der Waals surface area contributed by atoms with Crippen molar-refractivity contribution >= 4 is 11.7 Å². The lowest BCUT2D eigenvalue weighted by molar-refractivity contribution is 0.0932. The average molecular weight is 450 g/mol. The lowest BCUT2D eigenvalue weighted by atomic mass is 9.96. The molecule has 4 aromatic rings. The third-order valence-corrected chi connectivity index (χ3v) is 5.81. The number of amides is 1. The Kier molecular flexibility index (Phi) is 5.79. The van der Waals surface area contributed by atoms with Gasteiger partial charge in [-0.15, -0.1) is 0 Å². The van der Waals surface area contributed by atoms with Crippen LogP contribution in [0.15, 0.2) is 91.3 Å². The molecule has 1 aliphatic heterocycles. The highest BCUT2D eigenvalue weighted by Gasteiger charge is 2.25. The van der Waals surface area contributed by atoms with Crippen LogP contribution in [0, 0.1) is 0 Å². The zero-order valence-electron chi connectivity index (χ0n) is 18.3. The van der Waals surface area contributed by atoms with Crippen LogP contribution >= 0.6 is 0 Å². The van der Waals surface area contributed by atoms with Crippen LogP contribution in [0.4, 0.5) is 0 Å². The molecule has 1 aliphatic rings. The van der Waals surface area contributed by atoms with E-state index >= 15 is 0 Å². The van der Waals surface area contributed by atoms with Crippen LogP contribution in [0.2, 0.25) is 0 Å². The molecule has 168 valence electrons. The van der Waals surface area contributed by atoms with Crippen molar-refractivity contribution in [1.82, 2.24) is 4.98 Å². The SMILES string of the molecule is NC(=O)c1ccc(C(Oc2cc3c(cc2-c2ccccc2)C(=O)CCO3)c2ccncc2)cc1. The van der Waals surface area contributed by atoms with Gasteiger partial charge < -0.3 is 15.2 Å². The summed E-state index contributed by atoms with van der Waals surface area (Å²) in [4.78, 5) is 28.2. The second kappa shape index (κ2) is 9.19. The number of nitrogens with zero attached hydrogens (tertiary/aromatic N) is 1. The minimum Gasteiger partial charge on any atom is -0.492 e. The van der Waals surface area contributed by atoms with Gasteiger partial charge in [-0.05, 0) is 47.0 Å². The zero-order chi connectivity index (χ0) is 23.5.